The Labute approximate surface area is 81.0 Å². The summed E-state index contributed by atoms with van der Waals surface area (Å²) in [5, 5.41) is 0. The van der Waals surface area contributed by atoms with Gasteiger partial charge in [-0.05, 0) is 27.7 Å². The third-order valence-electron chi connectivity index (χ3n) is 2.47. The minimum atomic E-state index is 0. The fraction of sp³-hybridized carbons (Fsp3) is 0.667. The summed E-state index contributed by atoms with van der Waals surface area (Å²) < 4.78 is 0.889. The van der Waals surface area contributed by atoms with E-state index in [9.17, 15) is 0 Å². The Morgan fingerprint density at radius 1 is 1.08 bits per heavy atom. The molecule has 2 nitrogen and oxygen atoms in total. The molecule has 0 aromatic rings. The molecule has 1 rings (SSSR count). The van der Waals surface area contributed by atoms with Gasteiger partial charge >= 0.3 is 0 Å². The van der Waals surface area contributed by atoms with Crippen molar-refractivity contribution in [2.45, 2.75) is 39.8 Å². The summed E-state index contributed by atoms with van der Waals surface area (Å²) in [6.07, 6.45) is 6.07. The molecule has 3 heteroatoms. The zero-order valence-corrected chi connectivity index (χ0v) is 8.92. The van der Waals surface area contributed by atoms with E-state index < -0.39 is 0 Å². The fourth-order valence-electron chi connectivity index (χ4n) is 1.55. The quantitative estimate of drug-likeness (QED) is 0.500. The van der Waals surface area contributed by atoms with Gasteiger partial charge in [0.1, 0.15) is 6.20 Å². The van der Waals surface area contributed by atoms with Crippen molar-refractivity contribution in [1.29, 1.82) is 0 Å². The zero-order chi connectivity index (χ0) is 8.48. The van der Waals surface area contributed by atoms with Gasteiger partial charge in [-0.25, -0.2) is 9.48 Å². The van der Waals surface area contributed by atoms with Crippen LogP contribution >= 0.6 is 0 Å². The first-order valence-corrected chi connectivity index (χ1v) is 4.19. The van der Waals surface area contributed by atoms with Crippen LogP contribution < -0.4 is 12.4 Å². The van der Waals surface area contributed by atoms with Crippen LogP contribution in [0.3, 0.4) is 0 Å². The number of halogens is 1. The maximum atomic E-state index is 4.15. The second kappa shape index (κ2) is 4.06. The summed E-state index contributed by atoms with van der Waals surface area (Å²) in [4.78, 5) is 4.15. The molecule has 70 valence electrons. The van der Waals surface area contributed by atoms with Gasteiger partial charge in [0.15, 0.2) is 6.34 Å². The van der Waals surface area contributed by atoms with E-state index >= 15 is 0 Å². The fourth-order valence-corrected chi connectivity index (χ4v) is 1.55. The van der Waals surface area contributed by atoms with Crippen molar-refractivity contribution in [2.24, 2.45) is 4.99 Å². The van der Waals surface area contributed by atoms with Crippen molar-refractivity contribution in [1.82, 2.24) is 0 Å². The van der Waals surface area contributed by atoms with E-state index in [2.05, 4.69) is 38.9 Å². The maximum absolute atomic E-state index is 4.15. The lowest BCUT2D eigenvalue weighted by Gasteiger charge is -2.35. The van der Waals surface area contributed by atoms with Gasteiger partial charge in [0.2, 0.25) is 0 Å². The normalized spacial score (nSPS) is 18.8. The van der Waals surface area contributed by atoms with Crippen molar-refractivity contribution in [2.75, 3.05) is 0 Å². The van der Waals surface area contributed by atoms with E-state index in [1.54, 1.807) is 0 Å². The van der Waals surface area contributed by atoms with Crippen molar-refractivity contribution in [3.05, 3.63) is 12.4 Å². The first-order valence-electron chi connectivity index (χ1n) is 4.19. The van der Waals surface area contributed by atoms with Gasteiger partial charge in [0.25, 0.3) is 0 Å². The van der Waals surface area contributed by atoms with Crippen molar-refractivity contribution >= 4 is 6.34 Å². The lowest BCUT2D eigenvalue weighted by Crippen LogP contribution is -3.00. The molecule has 0 saturated heterocycles. The molecule has 1 heterocycles. The predicted molar refractivity (Wildman–Crippen MR) is 48.2 cm³/mol. The molecule has 0 fully saturated rings. The van der Waals surface area contributed by atoms with Crippen molar-refractivity contribution in [3.8, 4) is 0 Å². The molecule has 0 aromatic carbocycles. The van der Waals surface area contributed by atoms with E-state index in [-0.39, 0.29) is 12.4 Å². The molecule has 0 radical (unpaired) electrons. The van der Waals surface area contributed by atoms with Gasteiger partial charge in [-0.1, -0.05) is 0 Å². The summed E-state index contributed by atoms with van der Waals surface area (Å²) in [5.41, 5.74) is 0. The van der Waals surface area contributed by atoms with Gasteiger partial charge in [-0.3, -0.25) is 0 Å². The van der Waals surface area contributed by atoms with Crippen molar-refractivity contribution in [3.63, 3.8) is 0 Å². The minimum Gasteiger partial charge on any atom is -1.00 e. The number of quaternary nitrogens is 1. The standard InChI is InChI=1S/C9H17N2.ClH/c1-8(2)11(9(3)4)6-5-10-7-11;/h5-9H,1-4H3;1H/q+1;/p-1. The van der Waals surface area contributed by atoms with Crippen molar-refractivity contribution < 1.29 is 16.9 Å². The Hall–Kier alpha value is -0.340. The second-order valence-electron chi connectivity index (χ2n) is 3.64. The third-order valence-corrected chi connectivity index (χ3v) is 2.47. The summed E-state index contributed by atoms with van der Waals surface area (Å²) in [5.74, 6) is 0. The molecule has 0 aromatic heterocycles. The van der Waals surface area contributed by atoms with E-state index in [1.165, 1.54) is 0 Å². The predicted octanol–water partition coefficient (Wildman–Crippen LogP) is -0.863. The van der Waals surface area contributed by atoms with Crippen LogP contribution in [0.15, 0.2) is 17.4 Å². The first kappa shape index (κ1) is 11.7. The maximum Gasteiger partial charge on any atom is 0.195 e. The largest absolute Gasteiger partial charge is 1.00 e. The summed E-state index contributed by atoms with van der Waals surface area (Å²) in [6, 6.07) is 1.16. The highest BCUT2D eigenvalue weighted by Gasteiger charge is 2.33. The topological polar surface area (TPSA) is 12.4 Å². The molecule has 12 heavy (non-hydrogen) atoms. The van der Waals surface area contributed by atoms with E-state index in [0.29, 0.717) is 12.1 Å². The highest BCUT2D eigenvalue weighted by atomic mass is 35.5. The molecule has 0 aliphatic carbocycles. The lowest BCUT2D eigenvalue weighted by molar-refractivity contribution is -0.826. The number of hydrogen-bond acceptors (Lipinski definition) is 1. The Morgan fingerprint density at radius 3 is 1.75 bits per heavy atom. The zero-order valence-electron chi connectivity index (χ0n) is 8.16. The Kier molecular flexibility index (Phi) is 3.94. The third kappa shape index (κ3) is 1.70. The average Bonchev–Trinajstić information content (AvgIpc) is 2.34. The van der Waals surface area contributed by atoms with Crippen LogP contribution in [-0.2, 0) is 0 Å². The number of hydrogen-bond donors (Lipinski definition) is 0. The number of nitrogens with zero attached hydrogens (tertiary/aromatic N) is 2. The highest BCUT2D eigenvalue weighted by Crippen LogP contribution is 2.21. The molecule has 0 amide bonds. The van der Waals surface area contributed by atoms with Crippen LogP contribution in [0.4, 0.5) is 0 Å². The van der Waals surface area contributed by atoms with Gasteiger partial charge in [-0.15, -0.1) is 0 Å². The Bertz CT molecular complexity index is 173. The van der Waals surface area contributed by atoms with E-state index in [4.69, 9.17) is 0 Å². The van der Waals surface area contributed by atoms with Crippen LogP contribution in [0.25, 0.3) is 0 Å². The highest BCUT2D eigenvalue weighted by molar-refractivity contribution is 5.51. The molecule has 0 unspecified atom stereocenters. The molecule has 1 aliphatic rings. The lowest BCUT2D eigenvalue weighted by atomic mass is 10.2. The summed E-state index contributed by atoms with van der Waals surface area (Å²) in [6.45, 7) is 8.90. The van der Waals surface area contributed by atoms with E-state index in [0.717, 1.165) is 4.48 Å². The molecule has 0 atom stereocenters. The van der Waals surface area contributed by atoms with Crippen LogP contribution in [0.5, 0.6) is 0 Å². The van der Waals surface area contributed by atoms with Crippen LogP contribution in [-0.4, -0.2) is 22.9 Å². The van der Waals surface area contributed by atoms with Gasteiger partial charge in [-0.2, -0.15) is 0 Å². The SMILES string of the molecule is CC(C)[N+]1(C(C)C)C=CN=C1.[Cl-]. The van der Waals surface area contributed by atoms with Gasteiger partial charge < -0.3 is 12.4 Å². The molecule has 0 spiro atoms. The van der Waals surface area contributed by atoms with Crippen LogP contribution in [0.1, 0.15) is 27.7 Å². The van der Waals surface area contributed by atoms with Crippen LogP contribution in [0.2, 0.25) is 0 Å². The van der Waals surface area contributed by atoms with E-state index in [1.807, 2.05) is 12.5 Å². The molecule has 1 aliphatic heterocycles. The monoisotopic (exact) mass is 188 g/mol. The van der Waals surface area contributed by atoms with Crippen LogP contribution in [0, 0.1) is 0 Å². The molecule has 0 bridgehead atoms. The Balaban J connectivity index is 0.00000121. The summed E-state index contributed by atoms with van der Waals surface area (Å²) in [7, 11) is 0. The second-order valence-corrected chi connectivity index (χ2v) is 3.64. The molecule has 0 N–H and O–H groups in total. The Morgan fingerprint density at radius 2 is 1.58 bits per heavy atom. The number of aliphatic imine (C=N–C) groups is 1. The summed E-state index contributed by atoms with van der Waals surface area (Å²) >= 11 is 0. The molecular formula is C9H17ClN2. The molecular weight excluding hydrogens is 172 g/mol. The number of rotatable bonds is 2. The first-order chi connectivity index (χ1) is 5.09. The molecule has 0 saturated carbocycles. The van der Waals surface area contributed by atoms with Gasteiger partial charge in [0.05, 0.1) is 18.3 Å². The van der Waals surface area contributed by atoms with Gasteiger partial charge in [0, 0.05) is 0 Å². The smallest absolute Gasteiger partial charge is 0.195 e. The average molecular weight is 189 g/mol. The minimum absolute atomic E-state index is 0.